The normalized spacial score (nSPS) is 30.6. The highest BCUT2D eigenvalue weighted by atomic mass is 16.5. The van der Waals surface area contributed by atoms with Gasteiger partial charge in [-0.05, 0) is 38.6 Å². The van der Waals surface area contributed by atoms with Crippen LogP contribution in [-0.2, 0) is 4.74 Å². The van der Waals surface area contributed by atoms with Crippen LogP contribution < -0.4 is 10.6 Å². The summed E-state index contributed by atoms with van der Waals surface area (Å²) in [5.41, 5.74) is 0. The van der Waals surface area contributed by atoms with Gasteiger partial charge in [0.1, 0.15) is 0 Å². The number of guanidine groups is 1. The molecule has 3 unspecified atom stereocenters. The van der Waals surface area contributed by atoms with Crippen molar-refractivity contribution >= 4 is 5.96 Å². The Kier molecular flexibility index (Phi) is 6.10. The first-order chi connectivity index (χ1) is 9.74. The molecule has 1 saturated heterocycles. The highest BCUT2D eigenvalue weighted by Crippen LogP contribution is 2.28. The maximum Gasteiger partial charge on any atom is 0.191 e. The van der Waals surface area contributed by atoms with E-state index in [1.165, 1.54) is 25.8 Å². The number of nitrogens with one attached hydrogen (secondary N) is 2. The number of rotatable bonds is 7. The van der Waals surface area contributed by atoms with Crippen LogP contribution in [-0.4, -0.2) is 62.8 Å². The summed E-state index contributed by atoms with van der Waals surface area (Å²) in [4.78, 5) is 7.29. The molecular formula is C15H30N4O. The second-order valence-electron chi connectivity index (χ2n) is 6.01. The first-order valence-electron chi connectivity index (χ1n) is 8.02. The summed E-state index contributed by atoms with van der Waals surface area (Å²) in [6.07, 6.45) is 3.81. The third-order valence-electron chi connectivity index (χ3n) is 4.32. The zero-order valence-electron chi connectivity index (χ0n) is 13.2. The third kappa shape index (κ3) is 4.63. The van der Waals surface area contributed by atoms with Crippen LogP contribution in [0.15, 0.2) is 4.99 Å². The molecule has 0 radical (unpaired) electrons. The number of nitrogens with zero attached hydrogens (tertiary/aromatic N) is 2. The zero-order valence-corrected chi connectivity index (χ0v) is 13.2. The lowest BCUT2D eigenvalue weighted by molar-refractivity contribution is 0.142. The minimum absolute atomic E-state index is 0.581. The fraction of sp³-hybridized carbons (Fsp3) is 0.933. The average Bonchev–Trinajstić information content (AvgIpc) is 2.96. The van der Waals surface area contributed by atoms with Crippen molar-refractivity contribution in [3.63, 3.8) is 0 Å². The SMILES string of the molecule is CCNC(=NCC1CCCN1CCOC)NC1CC1C. The Morgan fingerprint density at radius 1 is 1.45 bits per heavy atom. The van der Waals surface area contributed by atoms with E-state index in [9.17, 15) is 0 Å². The van der Waals surface area contributed by atoms with Gasteiger partial charge in [0.25, 0.3) is 0 Å². The molecule has 116 valence electrons. The molecule has 2 N–H and O–H groups in total. The van der Waals surface area contributed by atoms with Crippen molar-refractivity contribution in [1.82, 2.24) is 15.5 Å². The topological polar surface area (TPSA) is 48.9 Å². The summed E-state index contributed by atoms with van der Waals surface area (Å²) < 4.78 is 5.19. The van der Waals surface area contributed by atoms with Gasteiger partial charge in [-0.25, -0.2) is 0 Å². The molecule has 0 aromatic carbocycles. The van der Waals surface area contributed by atoms with E-state index in [0.717, 1.165) is 38.1 Å². The number of aliphatic imine (C=N–C) groups is 1. The van der Waals surface area contributed by atoms with E-state index >= 15 is 0 Å². The van der Waals surface area contributed by atoms with E-state index < -0.39 is 0 Å². The van der Waals surface area contributed by atoms with Gasteiger partial charge in [-0.1, -0.05) is 6.92 Å². The molecule has 0 spiro atoms. The molecule has 0 amide bonds. The maximum atomic E-state index is 5.19. The molecule has 0 bridgehead atoms. The second kappa shape index (κ2) is 7.84. The standard InChI is InChI=1S/C15H30N4O/c1-4-16-15(18-14-10-12(14)2)17-11-13-6-5-7-19(13)8-9-20-3/h12-14H,4-11H2,1-3H3,(H2,16,17,18). The molecule has 20 heavy (non-hydrogen) atoms. The van der Waals surface area contributed by atoms with Gasteiger partial charge in [0.2, 0.25) is 0 Å². The predicted molar refractivity (Wildman–Crippen MR) is 83.2 cm³/mol. The van der Waals surface area contributed by atoms with E-state index in [4.69, 9.17) is 9.73 Å². The van der Waals surface area contributed by atoms with Crippen LogP contribution in [0.4, 0.5) is 0 Å². The Labute approximate surface area is 123 Å². The molecule has 0 aromatic heterocycles. The Balaban J connectivity index is 1.80. The summed E-state index contributed by atoms with van der Waals surface area (Å²) in [5, 5.41) is 6.87. The van der Waals surface area contributed by atoms with Crippen molar-refractivity contribution in [3.8, 4) is 0 Å². The van der Waals surface area contributed by atoms with Gasteiger partial charge < -0.3 is 15.4 Å². The van der Waals surface area contributed by atoms with E-state index in [-0.39, 0.29) is 0 Å². The van der Waals surface area contributed by atoms with Gasteiger partial charge in [-0.15, -0.1) is 0 Å². The van der Waals surface area contributed by atoms with Crippen molar-refractivity contribution in [2.45, 2.75) is 45.2 Å². The molecular weight excluding hydrogens is 252 g/mol. The van der Waals surface area contributed by atoms with Crippen molar-refractivity contribution in [2.24, 2.45) is 10.9 Å². The lowest BCUT2D eigenvalue weighted by atomic mass is 10.2. The fourth-order valence-corrected chi connectivity index (χ4v) is 2.82. The van der Waals surface area contributed by atoms with Crippen LogP contribution in [0.25, 0.3) is 0 Å². The molecule has 1 heterocycles. The highest BCUT2D eigenvalue weighted by molar-refractivity contribution is 5.80. The minimum Gasteiger partial charge on any atom is -0.383 e. The monoisotopic (exact) mass is 282 g/mol. The molecule has 0 aromatic rings. The average molecular weight is 282 g/mol. The van der Waals surface area contributed by atoms with Crippen molar-refractivity contribution in [2.75, 3.05) is 39.9 Å². The van der Waals surface area contributed by atoms with Gasteiger partial charge in [0, 0.05) is 32.3 Å². The highest BCUT2D eigenvalue weighted by Gasteiger charge is 2.33. The Morgan fingerprint density at radius 3 is 2.90 bits per heavy atom. The van der Waals surface area contributed by atoms with Crippen molar-refractivity contribution in [1.29, 1.82) is 0 Å². The summed E-state index contributed by atoms with van der Waals surface area (Å²) in [7, 11) is 1.77. The number of hydrogen-bond donors (Lipinski definition) is 2. The summed E-state index contributed by atoms with van der Waals surface area (Å²) in [5.74, 6) is 1.78. The Morgan fingerprint density at radius 2 is 2.25 bits per heavy atom. The number of likely N-dealkylation sites (tertiary alicyclic amines) is 1. The van der Waals surface area contributed by atoms with Crippen molar-refractivity contribution in [3.05, 3.63) is 0 Å². The minimum atomic E-state index is 0.581. The number of hydrogen-bond acceptors (Lipinski definition) is 3. The number of methoxy groups -OCH3 is 1. The predicted octanol–water partition coefficient (Wildman–Crippen LogP) is 1.06. The lowest BCUT2D eigenvalue weighted by Crippen LogP contribution is -2.41. The molecule has 5 heteroatoms. The van der Waals surface area contributed by atoms with Gasteiger partial charge in [0.15, 0.2) is 5.96 Å². The second-order valence-corrected chi connectivity index (χ2v) is 6.01. The molecule has 1 saturated carbocycles. The van der Waals surface area contributed by atoms with Gasteiger partial charge in [-0.3, -0.25) is 9.89 Å². The molecule has 2 rings (SSSR count). The number of ether oxygens (including phenoxy) is 1. The van der Waals surface area contributed by atoms with Gasteiger partial charge in [0.05, 0.1) is 13.2 Å². The Hall–Kier alpha value is -0.810. The lowest BCUT2D eigenvalue weighted by Gasteiger charge is -2.23. The van der Waals surface area contributed by atoms with Gasteiger partial charge >= 0.3 is 0 Å². The van der Waals surface area contributed by atoms with Crippen LogP contribution in [0.2, 0.25) is 0 Å². The largest absolute Gasteiger partial charge is 0.383 e. The first kappa shape index (κ1) is 15.6. The van der Waals surface area contributed by atoms with E-state index in [2.05, 4.69) is 29.4 Å². The molecule has 2 aliphatic rings. The molecule has 1 aliphatic carbocycles. The molecule has 1 aliphatic heterocycles. The van der Waals surface area contributed by atoms with E-state index in [1.54, 1.807) is 7.11 Å². The smallest absolute Gasteiger partial charge is 0.191 e. The van der Waals surface area contributed by atoms with Crippen LogP contribution in [0.3, 0.4) is 0 Å². The summed E-state index contributed by atoms with van der Waals surface area (Å²) in [6.45, 7) is 9.25. The zero-order chi connectivity index (χ0) is 14.4. The van der Waals surface area contributed by atoms with Crippen LogP contribution in [0, 0.1) is 5.92 Å². The Bertz CT molecular complexity index is 321. The summed E-state index contributed by atoms with van der Waals surface area (Å²) >= 11 is 0. The summed E-state index contributed by atoms with van der Waals surface area (Å²) in [6, 6.07) is 1.21. The molecule has 2 fully saturated rings. The third-order valence-corrected chi connectivity index (χ3v) is 4.32. The molecule has 5 nitrogen and oxygen atoms in total. The van der Waals surface area contributed by atoms with Crippen LogP contribution >= 0.6 is 0 Å². The molecule has 3 atom stereocenters. The van der Waals surface area contributed by atoms with E-state index in [0.29, 0.717) is 12.1 Å². The fourth-order valence-electron chi connectivity index (χ4n) is 2.82. The van der Waals surface area contributed by atoms with Crippen LogP contribution in [0.5, 0.6) is 0 Å². The quantitative estimate of drug-likeness (QED) is 0.541. The maximum absolute atomic E-state index is 5.19. The van der Waals surface area contributed by atoms with E-state index in [1.807, 2.05) is 0 Å². The van der Waals surface area contributed by atoms with Crippen LogP contribution in [0.1, 0.15) is 33.1 Å². The first-order valence-corrected chi connectivity index (χ1v) is 8.02. The van der Waals surface area contributed by atoms with Gasteiger partial charge in [-0.2, -0.15) is 0 Å². The van der Waals surface area contributed by atoms with Crippen molar-refractivity contribution < 1.29 is 4.74 Å².